The maximum Gasteiger partial charge on any atom is 0.416 e. The number of hydrogen-bond donors (Lipinski definition) is 0. The van der Waals surface area contributed by atoms with E-state index in [-0.39, 0.29) is 5.91 Å². The number of likely N-dealkylation sites (tertiary alicyclic amines) is 1. The Balaban J connectivity index is 1.49. The third-order valence-corrected chi connectivity index (χ3v) is 5.30. The zero-order valence-electron chi connectivity index (χ0n) is 15.8. The number of halogens is 3. The molecule has 1 aromatic carbocycles. The number of nitrogens with zero attached hydrogens (tertiary/aromatic N) is 4. The van der Waals surface area contributed by atoms with Crippen molar-refractivity contribution in [3.63, 3.8) is 0 Å². The first-order valence-corrected chi connectivity index (χ1v) is 9.31. The van der Waals surface area contributed by atoms with Gasteiger partial charge in [0.05, 0.1) is 17.0 Å². The Bertz CT molecular complexity index is 973. The number of rotatable bonds is 2. The zero-order valence-corrected chi connectivity index (χ0v) is 15.8. The van der Waals surface area contributed by atoms with Gasteiger partial charge in [0, 0.05) is 49.5 Å². The molecule has 5 nitrogen and oxygen atoms in total. The number of carbonyl (C=O) groups is 1. The Hall–Kier alpha value is -3.03. The van der Waals surface area contributed by atoms with Crippen molar-refractivity contribution in [2.45, 2.75) is 31.6 Å². The van der Waals surface area contributed by atoms with E-state index in [1.807, 2.05) is 6.92 Å². The van der Waals surface area contributed by atoms with Gasteiger partial charge in [-0.25, -0.2) is 0 Å². The number of carbonyl (C=O) groups excluding carboxylic acids is 1. The highest BCUT2D eigenvalue weighted by molar-refractivity contribution is 6.48. The number of aliphatic imine (C=N–C) groups is 2. The van der Waals surface area contributed by atoms with Crippen LogP contribution in [0.4, 0.5) is 13.2 Å². The van der Waals surface area contributed by atoms with Crippen LogP contribution in [0.3, 0.4) is 0 Å². The number of aromatic nitrogens is 1. The summed E-state index contributed by atoms with van der Waals surface area (Å²) in [5, 5.41) is 0. The van der Waals surface area contributed by atoms with Crippen molar-refractivity contribution < 1.29 is 18.0 Å². The fraction of sp³-hybridized carbons (Fsp3) is 0.333. The molecule has 4 rings (SSSR count). The fourth-order valence-corrected chi connectivity index (χ4v) is 3.74. The van der Waals surface area contributed by atoms with Crippen LogP contribution in [0.25, 0.3) is 0 Å². The second-order valence-electron chi connectivity index (χ2n) is 7.24. The summed E-state index contributed by atoms with van der Waals surface area (Å²) in [6.07, 6.45) is -0.0427. The molecule has 2 aliphatic heterocycles. The molecule has 29 heavy (non-hydrogen) atoms. The summed E-state index contributed by atoms with van der Waals surface area (Å²) in [6.45, 7) is 2.85. The van der Waals surface area contributed by atoms with Gasteiger partial charge in [0.1, 0.15) is 0 Å². The number of amides is 1. The Morgan fingerprint density at radius 1 is 1.00 bits per heavy atom. The summed E-state index contributed by atoms with van der Waals surface area (Å²) in [4.78, 5) is 27.8. The van der Waals surface area contributed by atoms with Crippen molar-refractivity contribution in [1.82, 2.24) is 9.88 Å². The molecule has 0 radical (unpaired) electrons. The third-order valence-electron chi connectivity index (χ3n) is 5.30. The van der Waals surface area contributed by atoms with Gasteiger partial charge in [-0.1, -0.05) is 12.1 Å². The molecular formula is C21H19F3N4O. The van der Waals surface area contributed by atoms with Crippen LogP contribution in [-0.2, 0) is 6.18 Å². The summed E-state index contributed by atoms with van der Waals surface area (Å²) >= 11 is 0. The second kappa shape index (κ2) is 7.09. The lowest BCUT2D eigenvalue weighted by Crippen LogP contribution is -2.44. The topological polar surface area (TPSA) is 57.9 Å². The van der Waals surface area contributed by atoms with Crippen molar-refractivity contribution in [3.05, 3.63) is 65.5 Å². The molecule has 0 atom stereocenters. The van der Waals surface area contributed by atoms with Crippen molar-refractivity contribution in [1.29, 1.82) is 0 Å². The molecule has 1 spiro atoms. The Kier molecular flexibility index (Phi) is 4.72. The highest BCUT2D eigenvalue weighted by atomic mass is 19.4. The first kappa shape index (κ1) is 19.3. The van der Waals surface area contributed by atoms with E-state index in [1.165, 1.54) is 12.1 Å². The van der Waals surface area contributed by atoms with Crippen LogP contribution in [0.5, 0.6) is 0 Å². The van der Waals surface area contributed by atoms with Crippen molar-refractivity contribution in [2.24, 2.45) is 9.98 Å². The number of hydrogen-bond acceptors (Lipinski definition) is 4. The standard InChI is InChI=1S/C21H19F3N4O/c1-14-18(15-2-4-17(5-3-15)21(22,23)24)27-20(26-14)8-12-28(13-9-20)19(29)16-6-10-25-11-7-16/h2-7,10-11H,8-9,12-13H2,1H3. The SMILES string of the molecule is CC1=NC2(CCN(C(=O)c3ccncc3)CC2)N=C1c1ccc(C(F)(F)F)cc1. The molecular weight excluding hydrogens is 381 g/mol. The minimum Gasteiger partial charge on any atom is -0.338 e. The molecule has 150 valence electrons. The minimum absolute atomic E-state index is 0.0482. The van der Waals surface area contributed by atoms with Crippen LogP contribution >= 0.6 is 0 Å². The number of benzene rings is 1. The fourth-order valence-electron chi connectivity index (χ4n) is 3.74. The molecule has 0 bridgehead atoms. The second-order valence-corrected chi connectivity index (χ2v) is 7.24. The van der Waals surface area contributed by atoms with Crippen LogP contribution in [-0.4, -0.2) is 46.0 Å². The van der Waals surface area contributed by atoms with E-state index in [1.54, 1.807) is 29.4 Å². The van der Waals surface area contributed by atoms with E-state index in [2.05, 4.69) is 4.98 Å². The summed E-state index contributed by atoms with van der Waals surface area (Å²) in [5.41, 5.74) is 1.21. The molecule has 0 unspecified atom stereocenters. The molecule has 1 amide bonds. The lowest BCUT2D eigenvalue weighted by molar-refractivity contribution is -0.137. The van der Waals surface area contributed by atoms with Crippen molar-refractivity contribution >= 4 is 17.3 Å². The molecule has 1 aromatic heterocycles. The molecule has 0 saturated carbocycles. The van der Waals surface area contributed by atoms with Gasteiger partial charge < -0.3 is 4.90 Å². The van der Waals surface area contributed by atoms with Gasteiger partial charge in [-0.3, -0.25) is 19.8 Å². The number of piperidine rings is 1. The van der Waals surface area contributed by atoms with E-state index in [9.17, 15) is 18.0 Å². The van der Waals surface area contributed by atoms with Gasteiger partial charge in [-0.2, -0.15) is 13.2 Å². The molecule has 3 heterocycles. The van der Waals surface area contributed by atoms with Crippen LogP contribution in [0.15, 0.2) is 58.8 Å². The Morgan fingerprint density at radius 2 is 1.62 bits per heavy atom. The Labute approximate surface area is 166 Å². The quantitative estimate of drug-likeness (QED) is 0.765. The zero-order chi connectivity index (χ0) is 20.6. The predicted molar refractivity (Wildman–Crippen MR) is 103 cm³/mol. The van der Waals surface area contributed by atoms with E-state index in [0.717, 1.165) is 12.1 Å². The molecule has 0 aliphatic carbocycles. The lowest BCUT2D eigenvalue weighted by Gasteiger charge is -2.35. The molecule has 0 N–H and O–H groups in total. The number of pyridine rings is 1. The van der Waals surface area contributed by atoms with Crippen molar-refractivity contribution in [2.75, 3.05) is 13.1 Å². The largest absolute Gasteiger partial charge is 0.416 e. The third kappa shape index (κ3) is 3.79. The van der Waals surface area contributed by atoms with E-state index in [0.29, 0.717) is 48.5 Å². The smallest absolute Gasteiger partial charge is 0.338 e. The lowest BCUT2D eigenvalue weighted by atomic mass is 9.98. The average molecular weight is 400 g/mol. The van der Waals surface area contributed by atoms with Crippen LogP contribution < -0.4 is 0 Å². The number of alkyl halides is 3. The van der Waals surface area contributed by atoms with Gasteiger partial charge in [0.25, 0.3) is 5.91 Å². The van der Waals surface area contributed by atoms with Gasteiger partial charge >= 0.3 is 6.18 Å². The molecule has 8 heteroatoms. The van der Waals surface area contributed by atoms with Crippen LogP contribution in [0, 0.1) is 0 Å². The van der Waals surface area contributed by atoms with E-state index < -0.39 is 17.4 Å². The van der Waals surface area contributed by atoms with Gasteiger partial charge in [-0.05, 0) is 31.2 Å². The molecule has 1 fully saturated rings. The van der Waals surface area contributed by atoms with Crippen molar-refractivity contribution in [3.8, 4) is 0 Å². The average Bonchev–Trinajstić information content (AvgIpc) is 3.04. The van der Waals surface area contributed by atoms with Crippen LogP contribution in [0.2, 0.25) is 0 Å². The monoisotopic (exact) mass is 400 g/mol. The highest BCUT2D eigenvalue weighted by Crippen LogP contribution is 2.34. The first-order chi connectivity index (χ1) is 13.8. The van der Waals surface area contributed by atoms with E-state index in [4.69, 9.17) is 9.98 Å². The summed E-state index contributed by atoms with van der Waals surface area (Å²) < 4.78 is 38.4. The normalized spacial score (nSPS) is 18.6. The van der Waals surface area contributed by atoms with Gasteiger partial charge in [-0.15, -0.1) is 0 Å². The first-order valence-electron chi connectivity index (χ1n) is 9.31. The van der Waals surface area contributed by atoms with Gasteiger partial charge in [0.2, 0.25) is 0 Å². The van der Waals surface area contributed by atoms with Crippen LogP contribution in [0.1, 0.15) is 41.3 Å². The molecule has 1 saturated heterocycles. The van der Waals surface area contributed by atoms with Gasteiger partial charge in [0.15, 0.2) is 5.66 Å². The molecule has 2 aliphatic rings. The molecule has 2 aromatic rings. The maximum atomic E-state index is 12.8. The summed E-state index contributed by atoms with van der Waals surface area (Å²) in [5.74, 6) is -0.0482. The summed E-state index contributed by atoms with van der Waals surface area (Å²) in [6, 6.07) is 8.36. The highest BCUT2D eigenvalue weighted by Gasteiger charge is 2.39. The van der Waals surface area contributed by atoms with E-state index >= 15 is 0 Å². The Morgan fingerprint density at radius 3 is 2.21 bits per heavy atom. The maximum absolute atomic E-state index is 12.8. The predicted octanol–water partition coefficient (Wildman–Crippen LogP) is 4.00. The minimum atomic E-state index is -4.37. The summed E-state index contributed by atoms with van der Waals surface area (Å²) in [7, 11) is 0.